The lowest BCUT2D eigenvalue weighted by Crippen LogP contribution is -2.63. The lowest BCUT2D eigenvalue weighted by Gasteiger charge is -2.48. The Balaban J connectivity index is 1.76. The average molecular weight is 395 g/mol. The van der Waals surface area contributed by atoms with Gasteiger partial charge in [-0.2, -0.15) is 0 Å². The van der Waals surface area contributed by atoms with Crippen LogP contribution in [0.25, 0.3) is 0 Å². The van der Waals surface area contributed by atoms with Crippen molar-refractivity contribution in [3.8, 4) is 0 Å². The van der Waals surface area contributed by atoms with Gasteiger partial charge in [-0.15, -0.1) is 0 Å². The number of rotatable bonds is 10. The van der Waals surface area contributed by atoms with E-state index < -0.39 is 12.6 Å². The van der Waals surface area contributed by atoms with E-state index >= 15 is 0 Å². The summed E-state index contributed by atoms with van der Waals surface area (Å²) < 4.78 is 36.4. The highest BCUT2D eigenvalue weighted by atomic mass is 16.8. The van der Waals surface area contributed by atoms with E-state index in [4.69, 9.17) is 28.4 Å². The second kappa shape index (κ2) is 11.2. The molecule has 28 heavy (non-hydrogen) atoms. The third-order valence-corrected chi connectivity index (χ3v) is 5.20. The minimum atomic E-state index is -0.495. The Bertz CT molecular complexity index is 553. The summed E-state index contributed by atoms with van der Waals surface area (Å²) in [6, 6.07) is 9.97. The molecular formula is C22H34O6. The lowest BCUT2D eigenvalue weighted by atomic mass is 9.97. The van der Waals surface area contributed by atoms with E-state index in [-0.39, 0.29) is 24.4 Å². The Morgan fingerprint density at radius 1 is 0.929 bits per heavy atom. The minimum absolute atomic E-state index is 0.248. The highest BCUT2D eigenvalue weighted by molar-refractivity contribution is 5.16. The number of unbranched alkanes of at least 4 members (excludes halogenated alkanes) is 2. The SMILES string of the molecule is CCCCOC1[C@H](OC)OC2COC(c3ccccc3)O[C@H]2[C@@H]1OCCCC. The van der Waals surface area contributed by atoms with Gasteiger partial charge in [0.25, 0.3) is 0 Å². The molecule has 1 aromatic carbocycles. The molecule has 3 unspecified atom stereocenters. The van der Waals surface area contributed by atoms with Crippen molar-refractivity contribution in [1.29, 1.82) is 0 Å². The molecule has 1 aromatic rings. The topological polar surface area (TPSA) is 55.4 Å². The Morgan fingerprint density at radius 2 is 1.61 bits per heavy atom. The first-order valence-corrected chi connectivity index (χ1v) is 10.5. The quantitative estimate of drug-likeness (QED) is 0.562. The molecule has 2 aliphatic heterocycles. The third kappa shape index (κ3) is 5.32. The second-order valence-electron chi connectivity index (χ2n) is 7.33. The Kier molecular flexibility index (Phi) is 8.70. The molecule has 0 aromatic heterocycles. The summed E-state index contributed by atoms with van der Waals surface area (Å²) in [5, 5.41) is 0. The van der Waals surface area contributed by atoms with E-state index in [1.54, 1.807) is 7.11 Å². The monoisotopic (exact) mass is 394 g/mol. The zero-order chi connectivity index (χ0) is 19.8. The Hall–Kier alpha value is -1.02. The number of ether oxygens (including phenoxy) is 6. The molecule has 2 aliphatic rings. The van der Waals surface area contributed by atoms with Crippen molar-refractivity contribution in [1.82, 2.24) is 0 Å². The molecule has 6 heteroatoms. The van der Waals surface area contributed by atoms with E-state index in [0.29, 0.717) is 19.8 Å². The van der Waals surface area contributed by atoms with Crippen LogP contribution in [0, 0.1) is 0 Å². The van der Waals surface area contributed by atoms with Gasteiger partial charge in [-0.3, -0.25) is 0 Å². The summed E-state index contributed by atoms with van der Waals surface area (Å²) in [7, 11) is 1.64. The average Bonchev–Trinajstić information content (AvgIpc) is 2.75. The fourth-order valence-electron chi connectivity index (χ4n) is 3.61. The number of hydrogen-bond acceptors (Lipinski definition) is 6. The van der Waals surface area contributed by atoms with Crippen LogP contribution in [0.2, 0.25) is 0 Å². The Morgan fingerprint density at radius 3 is 2.25 bits per heavy atom. The molecule has 2 saturated heterocycles. The van der Waals surface area contributed by atoms with Gasteiger partial charge in [0.15, 0.2) is 12.6 Å². The van der Waals surface area contributed by atoms with Gasteiger partial charge in [0, 0.05) is 25.9 Å². The van der Waals surface area contributed by atoms with Gasteiger partial charge in [0.1, 0.15) is 24.4 Å². The zero-order valence-electron chi connectivity index (χ0n) is 17.3. The molecular weight excluding hydrogens is 360 g/mol. The Labute approximate surface area is 168 Å². The molecule has 158 valence electrons. The zero-order valence-corrected chi connectivity index (χ0v) is 17.3. The second-order valence-corrected chi connectivity index (χ2v) is 7.33. The first kappa shape index (κ1) is 21.7. The fraction of sp³-hybridized carbons (Fsp3) is 0.727. The summed E-state index contributed by atoms with van der Waals surface area (Å²) in [4.78, 5) is 0. The summed E-state index contributed by atoms with van der Waals surface area (Å²) >= 11 is 0. The maximum Gasteiger partial charge on any atom is 0.186 e. The summed E-state index contributed by atoms with van der Waals surface area (Å²) in [5.74, 6) is 0. The maximum atomic E-state index is 6.34. The van der Waals surface area contributed by atoms with Crippen molar-refractivity contribution in [2.24, 2.45) is 0 Å². The van der Waals surface area contributed by atoms with Crippen LogP contribution < -0.4 is 0 Å². The minimum Gasteiger partial charge on any atom is -0.372 e. The number of hydrogen-bond donors (Lipinski definition) is 0. The first-order valence-electron chi connectivity index (χ1n) is 10.5. The molecule has 0 spiro atoms. The van der Waals surface area contributed by atoms with Crippen LogP contribution >= 0.6 is 0 Å². The van der Waals surface area contributed by atoms with Gasteiger partial charge >= 0.3 is 0 Å². The van der Waals surface area contributed by atoms with E-state index in [0.717, 1.165) is 31.2 Å². The molecule has 0 bridgehead atoms. The molecule has 0 amide bonds. The van der Waals surface area contributed by atoms with Crippen molar-refractivity contribution < 1.29 is 28.4 Å². The number of benzene rings is 1. The predicted octanol–water partition coefficient (Wildman–Crippen LogP) is 3.84. The van der Waals surface area contributed by atoms with Crippen molar-refractivity contribution in [3.63, 3.8) is 0 Å². The molecule has 3 rings (SSSR count). The van der Waals surface area contributed by atoms with Crippen LogP contribution in [0.5, 0.6) is 0 Å². The number of methoxy groups -OCH3 is 1. The fourth-order valence-corrected chi connectivity index (χ4v) is 3.61. The van der Waals surface area contributed by atoms with Gasteiger partial charge < -0.3 is 28.4 Å². The molecule has 0 aliphatic carbocycles. The normalized spacial score (nSPS) is 32.8. The van der Waals surface area contributed by atoms with Crippen LogP contribution in [-0.4, -0.2) is 57.6 Å². The molecule has 0 N–H and O–H groups in total. The predicted molar refractivity (Wildman–Crippen MR) is 105 cm³/mol. The summed E-state index contributed by atoms with van der Waals surface area (Å²) in [6.07, 6.45) is 2.08. The van der Waals surface area contributed by atoms with Gasteiger partial charge in [0.05, 0.1) is 6.61 Å². The molecule has 6 nitrogen and oxygen atoms in total. The molecule has 2 fully saturated rings. The highest BCUT2D eigenvalue weighted by Gasteiger charge is 2.51. The van der Waals surface area contributed by atoms with E-state index in [1.807, 2.05) is 30.3 Å². The van der Waals surface area contributed by atoms with Crippen LogP contribution in [-0.2, 0) is 28.4 Å². The largest absolute Gasteiger partial charge is 0.372 e. The van der Waals surface area contributed by atoms with Crippen LogP contribution in [0.1, 0.15) is 51.4 Å². The van der Waals surface area contributed by atoms with Gasteiger partial charge in [-0.1, -0.05) is 57.0 Å². The number of fused-ring (bicyclic) bond motifs is 1. The smallest absolute Gasteiger partial charge is 0.186 e. The lowest BCUT2D eigenvalue weighted by molar-refractivity contribution is -0.367. The van der Waals surface area contributed by atoms with Crippen LogP contribution in [0.3, 0.4) is 0 Å². The van der Waals surface area contributed by atoms with Gasteiger partial charge in [-0.05, 0) is 12.8 Å². The van der Waals surface area contributed by atoms with E-state index in [9.17, 15) is 0 Å². The first-order chi connectivity index (χ1) is 13.8. The summed E-state index contributed by atoms with van der Waals surface area (Å²) in [6.45, 7) is 6.04. The third-order valence-electron chi connectivity index (χ3n) is 5.20. The van der Waals surface area contributed by atoms with Crippen LogP contribution in [0.15, 0.2) is 30.3 Å². The molecule has 6 atom stereocenters. The molecule has 0 radical (unpaired) electrons. The van der Waals surface area contributed by atoms with Crippen molar-refractivity contribution >= 4 is 0 Å². The van der Waals surface area contributed by atoms with Gasteiger partial charge in [-0.25, -0.2) is 0 Å². The van der Waals surface area contributed by atoms with Crippen LogP contribution in [0.4, 0.5) is 0 Å². The van der Waals surface area contributed by atoms with Crippen molar-refractivity contribution in [3.05, 3.63) is 35.9 Å². The summed E-state index contributed by atoms with van der Waals surface area (Å²) in [5.41, 5.74) is 0.991. The van der Waals surface area contributed by atoms with Gasteiger partial charge in [0.2, 0.25) is 0 Å². The molecule has 2 heterocycles. The van der Waals surface area contributed by atoms with Crippen molar-refractivity contribution in [2.75, 3.05) is 26.9 Å². The maximum absolute atomic E-state index is 6.34. The van der Waals surface area contributed by atoms with E-state index in [1.165, 1.54) is 0 Å². The van der Waals surface area contributed by atoms with E-state index in [2.05, 4.69) is 13.8 Å². The molecule has 0 saturated carbocycles. The highest BCUT2D eigenvalue weighted by Crippen LogP contribution is 2.36. The van der Waals surface area contributed by atoms with Crippen molar-refractivity contribution in [2.45, 2.75) is 76.5 Å². The standard InChI is InChI=1S/C22H34O6/c1-4-6-13-24-19-18-17(27-22(23-3)20(19)25-14-7-5-2)15-26-21(28-18)16-11-9-8-10-12-16/h8-12,17-22H,4-7,13-15H2,1-3H3/t17?,18-,19+,20?,21?,22-/m1/s1.